The van der Waals surface area contributed by atoms with Crippen LogP contribution in [0.25, 0.3) is 0 Å². The lowest BCUT2D eigenvalue weighted by atomic mass is 10.2. The summed E-state index contributed by atoms with van der Waals surface area (Å²) in [6, 6.07) is 7.09. The Bertz CT molecular complexity index is 700. The molecule has 1 amide bonds. The lowest BCUT2D eigenvalue weighted by Crippen LogP contribution is -2.42. The van der Waals surface area contributed by atoms with Crippen molar-refractivity contribution in [3.8, 4) is 0 Å². The predicted molar refractivity (Wildman–Crippen MR) is 108 cm³/mol. The third-order valence-corrected chi connectivity index (χ3v) is 6.96. The van der Waals surface area contributed by atoms with Crippen LogP contribution in [0.5, 0.6) is 0 Å². The number of hydrogen-bond acceptors (Lipinski definition) is 4. The molecule has 0 aromatic heterocycles. The van der Waals surface area contributed by atoms with E-state index in [9.17, 15) is 13.2 Å². The van der Waals surface area contributed by atoms with Gasteiger partial charge in [-0.25, -0.2) is 8.42 Å². The number of carbonyl (C=O) groups excluding carboxylic acids is 1. The predicted octanol–water partition coefficient (Wildman–Crippen LogP) is 2.71. The highest BCUT2D eigenvalue weighted by molar-refractivity contribution is 7.89. The van der Waals surface area contributed by atoms with E-state index in [0.29, 0.717) is 37.3 Å². The molecule has 1 fully saturated rings. The maximum Gasteiger partial charge on any atom is 0.251 e. The number of hydrogen-bond donors (Lipinski definition) is 1. The molecule has 152 valence electrons. The molecular formula is C20H33N3O3S. The normalized spacial score (nSPS) is 16.3. The minimum absolute atomic E-state index is 0.176. The van der Waals surface area contributed by atoms with Crippen molar-refractivity contribution in [3.05, 3.63) is 29.8 Å². The molecule has 1 N–H and O–H groups in total. The molecule has 27 heavy (non-hydrogen) atoms. The molecule has 1 aliphatic rings. The number of benzene rings is 1. The van der Waals surface area contributed by atoms with Crippen molar-refractivity contribution < 1.29 is 13.2 Å². The van der Waals surface area contributed by atoms with Gasteiger partial charge in [-0.2, -0.15) is 4.31 Å². The molecule has 7 heteroatoms. The van der Waals surface area contributed by atoms with E-state index >= 15 is 0 Å². The van der Waals surface area contributed by atoms with Crippen molar-refractivity contribution in [2.75, 3.05) is 26.2 Å². The number of sulfonamides is 1. The SMILES string of the molecule is CC(C)N(CCNC(=O)c1ccc(S(=O)(=O)N2CCCCC2)cc1)C(C)C. The van der Waals surface area contributed by atoms with Crippen LogP contribution in [0.2, 0.25) is 0 Å². The van der Waals surface area contributed by atoms with Crippen LogP contribution in [0.4, 0.5) is 0 Å². The van der Waals surface area contributed by atoms with Crippen molar-refractivity contribution in [2.24, 2.45) is 0 Å². The van der Waals surface area contributed by atoms with Crippen LogP contribution in [0.15, 0.2) is 29.2 Å². The summed E-state index contributed by atoms with van der Waals surface area (Å²) in [5, 5.41) is 2.92. The van der Waals surface area contributed by atoms with E-state index in [2.05, 4.69) is 37.9 Å². The summed E-state index contributed by atoms with van der Waals surface area (Å²) in [5.74, 6) is -0.176. The molecule has 1 aromatic rings. The molecule has 1 saturated heterocycles. The van der Waals surface area contributed by atoms with Gasteiger partial charge in [-0.05, 0) is 64.8 Å². The highest BCUT2D eigenvalue weighted by atomic mass is 32.2. The number of nitrogens with one attached hydrogen (secondary N) is 1. The number of piperidine rings is 1. The average molecular weight is 396 g/mol. The van der Waals surface area contributed by atoms with Crippen molar-refractivity contribution in [2.45, 2.75) is 63.9 Å². The summed E-state index contributed by atoms with van der Waals surface area (Å²) in [5.41, 5.74) is 0.480. The van der Waals surface area contributed by atoms with Gasteiger partial charge in [0.2, 0.25) is 10.0 Å². The number of nitrogens with zero attached hydrogens (tertiary/aromatic N) is 2. The van der Waals surface area contributed by atoms with Crippen molar-refractivity contribution in [1.82, 2.24) is 14.5 Å². The van der Waals surface area contributed by atoms with Crippen LogP contribution < -0.4 is 5.32 Å². The zero-order valence-corrected chi connectivity index (χ0v) is 17.8. The van der Waals surface area contributed by atoms with Crippen LogP contribution in [0.3, 0.4) is 0 Å². The van der Waals surface area contributed by atoms with E-state index in [-0.39, 0.29) is 10.8 Å². The van der Waals surface area contributed by atoms with Gasteiger partial charge >= 0.3 is 0 Å². The Kier molecular flexibility index (Phi) is 7.82. The van der Waals surface area contributed by atoms with E-state index in [4.69, 9.17) is 0 Å². The van der Waals surface area contributed by atoms with Crippen LogP contribution in [-0.4, -0.2) is 61.8 Å². The van der Waals surface area contributed by atoms with Crippen molar-refractivity contribution >= 4 is 15.9 Å². The molecule has 0 radical (unpaired) electrons. The Balaban J connectivity index is 1.95. The van der Waals surface area contributed by atoms with E-state index in [1.807, 2.05) is 0 Å². The monoisotopic (exact) mass is 395 g/mol. The molecule has 0 aliphatic carbocycles. The molecule has 2 rings (SSSR count). The minimum atomic E-state index is -3.46. The van der Waals surface area contributed by atoms with Crippen molar-refractivity contribution in [3.63, 3.8) is 0 Å². The van der Waals surface area contributed by atoms with E-state index in [1.54, 1.807) is 12.1 Å². The first-order valence-electron chi connectivity index (χ1n) is 9.87. The summed E-state index contributed by atoms with van der Waals surface area (Å²) < 4.78 is 26.9. The third-order valence-electron chi connectivity index (χ3n) is 5.05. The zero-order valence-electron chi connectivity index (χ0n) is 16.9. The third kappa shape index (κ3) is 5.77. The van der Waals surface area contributed by atoms with Crippen LogP contribution >= 0.6 is 0 Å². The van der Waals surface area contributed by atoms with Gasteiger partial charge in [-0.3, -0.25) is 9.69 Å². The van der Waals surface area contributed by atoms with E-state index in [1.165, 1.54) is 16.4 Å². The first kappa shape index (κ1) is 21.9. The van der Waals surface area contributed by atoms with Crippen LogP contribution in [0.1, 0.15) is 57.3 Å². The van der Waals surface area contributed by atoms with E-state index in [0.717, 1.165) is 25.8 Å². The minimum Gasteiger partial charge on any atom is -0.351 e. The fourth-order valence-corrected chi connectivity index (χ4v) is 5.06. The summed E-state index contributed by atoms with van der Waals surface area (Å²) in [6.07, 6.45) is 2.89. The van der Waals surface area contributed by atoms with Crippen LogP contribution in [-0.2, 0) is 10.0 Å². The molecule has 1 heterocycles. The Morgan fingerprint density at radius 1 is 1.04 bits per heavy atom. The molecule has 1 aliphatic heterocycles. The highest BCUT2D eigenvalue weighted by Gasteiger charge is 2.25. The van der Waals surface area contributed by atoms with E-state index < -0.39 is 10.0 Å². The Morgan fingerprint density at radius 3 is 2.11 bits per heavy atom. The van der Waals surface area contributed by atoms with Gasteiger partial charge in [-0.1, -0.05) is 6.42 Å². The van der Waals surface area contributed by atoms with Crippen LogP contribution in [0, 0.1) is 0 Å². The summed E-state index contributed by atoms with van der Waals surface area (Å²) >= 11 is 0. The smallest absolute Gasteiger partial charge is 0.251 e. The molecule has 6 nitrogen and oxygen atoms in total. The van der Waals surface area contributed by atoms with Gasteiger partial charge in [0.15, 0.2) is 0 Å². The molecule has 0 spiro atoms. The molecular weight excluding hydrogens is 362 g/mol. The molecule has 0 saturated carbocycles. The number of carbonyl (C=O) groups is 1. The summed E-state index contributed by atoms with van der Waals surface area (Å²) in [6.45, 7) is 11.1. The van der Waals surface area contributed by atoms with Gasteiger partial charge in [0.1, 0.15) is 0 Å². The second-order valence-electron chi connectivity index (χ2n) is 7.67. The molecule has 0 unspecified atom stereocenters. The quantitative estimate of drug-likeness (QED) is 0.735. The lowest BCUT2D eigenvalue weighted by Gasteiger charge is -2.30. The Hall–Kier alpha value is -1.44. The highest BCUT2D eigenvalue weighted by Crippen LogP contribution is 2.20. The van der Waals surface area contributed by atoms with Gasteiger partial charge in [-0.15, -0.1) is 0 Å². The van der Waals surface area contributed by atoms with Gasteiger partial charge in [0.25, 0.3) is 5.91 Å². The second kappa shape index (κ2) is 9.66. The van der Waals surface area contributed by atoms with Gasteiger partial charge in [0, 0.05) is 43.8 Å². The molecule has 1 aromatic carbocycles. The maximum absolute atomic E-state index is 12.7. The summed E-state index contributed by atoms with van der Waals surface area (Å²) in [7, 11) is -3.46. The largest absolute Gasteiger partial charge is 0.351 e. The lowest BCUT2D eigenvalue weighted by molar-refractivity contribution is 0.0939. The van der Waals surface area contributed by atoms with Gasteiger partial charge < -0.3 is 5.32 Å². The standard InChI is InChI=1S/C20H33N3O3S/c1-16(2)23(17(3)4)15-12-21-20(24)18-8-10-19(11-9-18)27(25,26)22-13-6-5-7-14-22/h8-11,16-17H,5-7,12-15H2,1-4H3,(H,21,24). The first-order valence-corrected chi connectivity index (χ1v) is 11.3. The average Bonchev–Trinajstić information content (AvgIpc) is 2.65. The Labute approximate surface area is 164 Å². The zero-order chi connectivity index (χ0) is 20.0. The number of amides is 1. The fourth-order valence-electron chi connectivity index (χ4n) is 3.55. The Morgan fingerprint density at radius 2 is 1.59 bits per heavy atom. The second-order valence-corrected chi connectivity index (χ2v) is 9.61. The first-order chi connectivity index (χ1) is 12.7. The number of rotatable bonds is 8. The maximum atomic E-state index is 12.7. The fraction of sp³-hybridized carbons (Fsp3) is 0.650. The molecule has 0 atom stereocenters. The topological polar surface area (TPSA) is 69.7 Å². The summed E-state index contributed by atoms with van der Waals surface area (Å²) in [4.78, 5) is 14.9. The van der Waals surface area contributed by atoms with Gasteiger partial charge in [0.05, 0.1) is 4.90 Å². The molecule has 0 bridgehead atoms. The van der Waals surface area contributed by atoms with Crippen molar-refractivity contribution in [1.29, 1.82) is 0 Å².